The second-order valence-electron chi connectivity index (χ2n) is 5.81. The molecule has 2 amide bonds. The zero-order chi connectivity index (χ0) is 19.6. The average Bonchev–Trinajstić information content (AvgIpc) is 2.68. The molecule has 2 aromatic carbocycles. The van der Waals surface area contributed by atoms with Crippen LogP contribution in [0, 0.1) is 6.92 Å². The first-order valence-corrected chi connectivity index (χ1v) is 8.50. The SMILES string of the molecule is Cc1ccccc1OCCC(=O)O[C@@H](C)C(=O)NNC(=O)c1ccccc1. The zero-order valence-electron chi connectivity index (χ0n) is 15.2. The van der Waals surface area contributed by atoms with E-state index in [0.29, 0.717) is 11.3 Å². The summed E-state index contributed by atoms with van der Waals surface area (Å²) in [4.78, 5) is 35.6. The fourth-order valence-corrected chi connectivity index (χ4v) is 2.15. The number of nitrogens with one attached hydrogen (secondary N) is 2. The van der Waals surface area contributed by atoms with Crippen molar-refractivity contribution in [1.82, 2.24) is 10.9 Å². The first kappa shape index (κ1) is 20.0. The van der Waals surface area contributed by atoms with Gasteiger partial charge in [0.1, 0.15) is 5.75 Å². The van der Waals surface area contributed by atoms with Gasteiger partial charge in [0.25, 0.3) is 11.8 Å². The molecule has 142 valence electrons. The molecule has 0 bridgehead atoms. The Morgan fingerprint density at radius 2 is 1.63 bits per heavy atom. The van der Waals surface area contributed by atoms with Crippen LogP contribution in [0.2, 0.25) is 0 Å². The van der Waals surface area contributed by atoms with Crippen molar-refractivity contribution in [3.63, 3.8) is 0 Å². The van der Waals surface area contributed by atoms with Crippen molar-refractivity contribution in [3.05, 3.63) is 65.7 Å². The maximum Gasteiger partial charge on any atom is 0.310 e. The number of carbonyl (C=O) groups is 3. The highest BCUT2D eigenvalue weighted by molar-refractivity contribution is 5.95. The second-order valence-corrected chi connectivity index (χ2v) is 5.81. The number of benzene rings is 2. The van der Waals surface area contributed by atoms with Crippen molar-refractivity contribution >= 4 is 17.8 Å². The summed E-state index contributed by atoms with van der Waals surface area (Å²) < 4.78 is 10.6. The van der Waals surface area contributed by atoms with Gasteiger partial charge in [-0.3, -0.25) is 25.2 Å². The lowest BCUT2D eigenvalue weighted by atomic mass is 10.2. The van der Waals surface area contributed by atoms with E-state index in [-0.39, 0.29) is 13.0 Å². The highest BCUT2D eigenvalue weighted by atomic mass is 16.6. The van der Waals surface area contributed by atoms with E-state index in [9.17, 15) is 14.4 Å². The molecule has 2 aromatic rings. The third kappa shape index (κ3) is 6.47. The van der Waals surface area contributed by atoms with Crippen LogP contribution in [0.1, 0.15) is 29.3 Å². The van der Waals surface area contributed by atoms with Gasteiger partial charge in [-0.25, -0.2) is 0 Å². The fourth-order valence-electron chi connectivity index (χ4n) is 2.15. The number of hydrogen-bond acceptors (Lipinski definition) is 5. The first-order valence-electron chi connectivity index (χ1n) is 8.50. The van der Waals surface area contributed by atoms with Crippen molar-refractivity contribution in [2.45, 2.75) is 26.4 Å². The number of rotatable bonds is 7. The van der Waals surface area contributed by atoms with Gasteiger partial charge in [-0.1, -0.05) is 36.4 Å². The lowest BCUT2D eigenvalue weighted by Crippen LogP contribution is -2.46. The molecule has 0 aliphatic heterocycles. The number of amides is 2. The average molecular weight is 370 g/mol. The molecule has 2 N–H and O–H groups in total. The van der Waals surface area contributed by atoms with Gasteiger partial charge in [0.05, 0.1) is 13.0 Å². The number of esters is 1. The largest absolute Gasteiger partial charge is 0.493 e. The predicted octanol–water partition coefficient (Wildman–Crippen LogP) is 2.16. The van der Waals surface area contributed by atoms with Crippen molar-refractivity contribution in [3.8, 4) is 5.75 Å². The van der Waals surface area contributed by atoms with Crippen LogP contribution in [0.25, 0.3) is 0 Å². The Bertz CT molecular complexity index is 792. The van der Waals surface area contributed by atoms with Crippen molar-refractivity contribution in [1.29, 1.82) is 0 Å². The Morgan fingerprint density at radius 3 is 2.33 bits per heavy atom. The third-order valence-corrected chi connectivity index (χ3v) is 3.67. The van der Waals surface area contributed by atoms with Crippen molar-refractivity contribution < 1.29 is 23.9 Å². The maximum atomic E-state index is 11.9. The summed E-state index contributed by atoms with van der Waals surface area (Å²) in [5, 5.41) is 0. The molecule has 0 aliphatic carbocycles. The van der Waals surface area contributed by atoms with E-state index in [2.05, 4.69) is 10.9 Å². The van der Waals surface area contributed by atoms with Gasteiger partial charge >= 0.3 is 5.97 Å². The van der Waals surface area contributed by atoms with Crippen LogP contribution in [0.4, 0.5) is 0 Å². The number of para-hydroxylation sites is 1. The number of hydrazine groups is 1. The molecular formula is C20H22N2O5. The maximum absolute atomic E-state index is 11.9. The Balaban J connectivity index is 1.69. The van der Waals surface area contributed by atoms with Crippen LogP contribution < -0.4 is 15.6 Å². The van der Waals surface area contributed by atoms with Crippen LogP contribution >= 0.6 is 0 Å². The van der Waals surface area contributed by atoms with E-state index >= 15 is 0 Å². The predicted molar refractivity (Wildman–Crippen MR) is 98.9 cm³/mol. The highest BCUT2D eigenvalue weighted by Crippen LogP contribution is 2.16. The quantitative estimate of drug-likeness (QED) is 0.575. The molecule has 0 radical (unpaired) electrons. The van der Waals surface area contributed by atoms with Gasteiger partial charge in [0, 0.05) is 5.56 Å². The van der Waals surface area contributed by atoms with E-state index < -0.39 is 23.9 Å². The number of aryl methyl sites for hydroxylation is 1. The minimum absolute atomic E-state index is 0.00231. The normalized spacial score (nSPS) is 11.2. The zero-order valence-corrected chi connectivity index (χ0v) is 15.2. The topological polar surface area (TPSA) is 93.7 Å². The standard InChI is InChI=1S/C20H22N2O5/c1-14-8-6-7-11-17(14)26-13-12-18(23)27-15(2)19(24)21-22-20(25)16-9-4-3-5-10-16/h3-11,15H,12-13H2,1-2H3,(H,21,24)(H,22,25)/t15-/m0/s1. The minimum Gasteiger partial charge on any atom is -0.493 e. The molecule has 0 saturated carbocycles. The molecular weight excluding hydrogens is 348 g/mol. The number of carbonyl (C=O) groups excluding carboxylic acids is 3. The Hall–Kier alpha value is -3.35. The number of hydrogen-bond donors (Lipinski definition) is 2. The molecule has 7 nitrogen and oxygen atoms in total. The van der Waals surface area contributed by atoms with E-state index in [1.54, 1.807) is 30.3 Å². The summed E-state index contributed by atoms with van der Waals surface area (Å²) in [7, 11) is 0. The molecule has 0 aliphatic rings. The lowest BCUT2D eigenvalue weighted by Gasteiger charge is -2.14. The molecule has 0 fully saturated rings. The van der Waals surface area contributed by atoms with E-state index in [1.165, 1.54) is 6.92 Å². The van der Waals surface area contributed by atoms with E-state index in [4.69, 9.17) is 9.47 Å². The highest BCUT2D eigenvalue weighted by Gasteiger charge is 2.18. The monoisotopic (exact) mass is 370 g/mol. The van der Waals surface area contributed by atoms with Crippen LogP contribution in [-0.4, -0.2) is 30.5 Å². The molecule has 1 atom stereocenters. The third-order valence-electron chi connectivity index (χ3n) is 3.67. The molecule has 0 aromatic heterocycles. The van der Waals surface area contributed by atoms with Gasteiger partial charge in [0.2, 0.25) is 0 Å². The smallest absolute Gasteiger partial charge is 0.310 e. The van der Waals surface area contributed by atoms with Crippen LogP contribution in [0.15, 0.2) is 54.6 Å². The van der Waals surface area contributed by atoms with Gasteiger partial charge in [-0.15, -0.1) is 0 Å². The second kappa shape index (κ2) is 9.96. The first-order chi connectivity index (χ1) is 13.0. The summed E-state index contributed by atoms with van der Waals surface area (Å²) in [5.41, 5.74) is 5.86. The summed E-state index contributed by atoms with van der Waals surface area (Å²) in [6.07, 6.45) is -1.05. The van der Waals surface area contributed by atoms with Crippen LogP contribution in [0.3, 0.4) is 0 Å². The summed E-state index contributed by atoms with van der Waals surface area (Å²) >= 11 is 0. The Labute approximate surface area is 157 Å². The molecule has 7 heteroatoms. The molecule has 0 unspecified atom stereocenters. The van der Waals surface area contributed by atoms with Gasteiger partial charge < -0.3 is 9.47 Å². The number of ether oxygens (including phenoxy) is 2. The van der Waals surface area contributed by atoms with Crippen LogP contribution in [0.5, 0.6) is 5.75 Å². The molecule has 27 heavy (non-hydrogen) atoms. The Morgan fingerprint density at radius 1 is 0.963 bits per heavy atom. The lowest BCUT2D eigenvalue weighted by molar-refractivity contribution is -0.155. The Kier molecular flexibility index (Phi) is 7.37. The van der Waals surface area contributed by atoms with Crippen molar-refractivity contribution in [2.24, 2.45) is 0 Å². The van der Waals surface area contributed by atoms with Crippen LogP contribution in [-0.2, 0) is 14.3 Å². The van der Waals surface area contributed by atoms with E-state index in [1.807, 2.05) is 31.2 Å². The summed E-state index contributed by atoms with van der Waals surface area (Å²) in [5.74, 6) is -0.970. The fraction of sp³-hybridized carbons (Fsp3) is 0.250. The molecule has 0 saturated heterocycles. The van der Waals surface area contributed by atoms with Gasteiger partial charge in [-0.2, -0.15) is 0 Å². The van der Waals surface area contributed by atoms with Gasteiger partial charge in [-0.05, 0) is 37.6 Å². The summed E-state index contributed by atoms with van der Waals surface area (Å²) in [6, 6.07) is 15.9. The molecule has 0 heterocycles. The van der Waals surface area contributed by atoms with E-state index in [0.717, 1.165) is 5.56 Å². The molecule has 0 spiro atoms. The van der Waals surface area contributed by atoms with Gasteiger partial charge in [0.15, 0.2) is 6.10 Å². The summed E-state index contributed by atoms with van der Waals surface area (Å²) in [6.45, 7) is 3.47. The molecule has 2 rings (SSSR count). The minimum atomic E-state index is -1.05. The van der Waals surface area contributed by atoms with Crippen molar-refractivity contribution in [2.75, 3.05) is 6.61 Å².